The lowest BCUT2D eigenvalue weighted by Crippen LogP contribution is -2.17. The van der Waals surface area contributed by atoms with Gasteiger partial charge in [0, 0.05) is 23.0 Å². The fraction of sp³-hybridized carbons (Fsp3) is 0.160. The van der Waals surface area contributed by atoms with Crippen LogP contribution in [-0.4, -0.2) is 17.5 Å². The van der Waals surface area contributed by atoms with Gasteiger partial charge in [0.05, 0.1) is 0 Å². The van der Waals surface area contributed by atoms with Gasteiger partial charge < -0.3 is 11.5 Å². The quantitative estimate of drug-likeness (QED) is 0.377. The molecule has 0 amide bonds. The summed E-state index contributed by atoms with van der Waals surface area (Å²) in [7, 11) is 0. The molecule has 0 saturated heterocycles. The highest BCUT2D eigenvalue weighted by atomic mass is 16.1. The van der Waals surface area contributed by atoms with E-state index in [2.05, 4.69) is 0 Å². The lowest BCUT2D eigenvalue weighted by atomic mass is 9.89. The summed E-state index contributed by atoms with van der Waals surface area (Å²) in [6.07, 6.45) is 1.17. The number of nitrogens with two attached hydrogens (primary N) is 2. The molecule has 2 atom stereocenters. The van der Waals surface area contributed by atoms with Gasteiger partial charge in [-0.05, 0) is 47.2 Å². The average Bonchev–Trinajstić information content (AvgIpc) is 3.00. The van der Waals surface area contributed by atoms with E-state index in [1.54, 1.807) is 12.1 Å². The number of amidine groups is 2. The summed E-state index contributed by atoms with van der Waals surface area (Å²) >= 11 is 0. The van der Waals surface area contributed by atoms with Gasteiger partial charge in [-0.1, -0.05) is 60.7 Å². The number of carbonyl (C=O) groups is 1. The molecule has 150 valence electrons. The Morgan fingerprint density at radius 2 is 1.13 bits per heavy atom. The first-order chi connectivity index (χ1) is 14.4. The molecular formula is C25H24N4O. The smallest absolute Gasteiger partial charge is 0.148 e. The van der Waals surface area contributed by atoms with E-state index in [1.165, 1.54) is 0 Å². The van der Waals surface area contributed by atoms with Crippen molar-refractivity contribution in [1.82, 2.24) is 0 Å². The second-order valence-corrected chi connectivity index (χ2v) is 7.77. The van der Waals surface area contributed by atoms with Crippen LogP contribution in [0.1, 0.15) is 45.2 Å². The average molecular weight is 396 g/mol. The highest BCUT2D eigenvalue weighted by Crippen LogP contribution is 2.42. The Labute approximate surface area is 175 Å². The van der Waals surface area contributed by atoms with E-state index in [0.29, 0.717) is 24.0 Å². The normalized spacial score (nSPS) is 17.5. The van der Waals surface area contributed by atoms with Crippen LogP contribution in [-0.2, 0) is 17.6 Å². The minimum Gasteiger partial charge on any atom is -0.384 e. The van der Waals surface area contributed by atoms with Gasteiger partial charge in [0.1, 0.15) is 17.5 Å². The van der Waals surface area contributed by atoms with Crippen LogP contribution in [0.3, 0.4) is 0 Å². The van der Waals surface area contributed by atoms with Crippen molar-refractivity contribution in [3.05, 3.63) is 106 Å². The van der Waals surface area contributed by atoms with Crippen LogP contribution in [0.15, 0.2) is 72.8 Å². The van der Waals surface area contributed by atoms with Gasteiger partial charge in [0.25, 0.3) is 0 Å². The molecule has 0 fully saturated rings. The van der Waals surface area contributed by atoms with Crippen LogP contribution in [0.5, 0.6) is 0 Å². The van der Waals surface area contributed by atoms with Crippen LogP contribution in [0.2, 0.25) is 0 Å². The van der Waals surface area contributed by atoms with E-state index in [9.17, 15) is 4.79 Å². The molecule has 0 aromatic heterocycles. The van der Waals surface area contributed by atoms with Crippen molar-refractivity contribution in [1.29, 1.82) is 10.8 Å². The molecular weight excluding hydrogens is 372 g/mol. The van der Waals surface area contributed by atoms with Gasteiger partial charge in [-0.15, -0.1) is 0 Å². The number of nitrogen functional groups attached to an aromatic ring is 2. The van der Waals surface area contributed by atoms with Crippen LogP contribution in [0.25, 0.3) is 0 Å². The Balaban J connectivity index is 1.64. The Hall–Kier alpha value is -3.73. The van der Waals surface area contributed by atoms with E-state index >= 15 is 0 Å². The zero-order valence-corrected chi connectivity index (χ0v) is 16.6. The van der Waals surface area contributed by atoms with E-state index in [-0.39, 0.29) is 29.3 Å². The molecule has 6 N–H and O–H groups in total. The van der Waals surface area contributed by atoms with Crippen LogP contribution < -0.4 is 11.5 Å². The fourth-order valence-corrected chi connectivity index (χ4v) is 4.32. The molecule has 1 aliphatic carbocycles. The number of ketones is 1. The van der Waals surface area contributed by atoms with Crippen LogP contribution in [0.4, 0.5) is 0 Å². The highest BCUT2D eigenvalue weighted by molar-refractivity contribution is 5.98. The Bertz CT molecular complexity index is 1060. The monoisotopic (exact) mass is 396 g/mol. The summed E-state index contributed by atoms with van der Waals surface area (Å²) < 4.78 is 0. The van der Waals surface area contributed by atoms with Gasteiger partial charge in [-0.3, -0.25) is 15.6 Å². The zero-order chi connectivity index (χ0) is 21.3. The maximum atomic E-state index is 13.5. The molecule has 2 unspecified atom stereocenters. The van der Waals surface area contributed by atoms with E-state index < -0.39 is 0 Å². The summed E-state index contributed by atoms with van der Waals surface area (Å²) in [6, 6.07) is 23.1. The van der Waals surface area contributed by atoms with Gasteiger partial charge in [0.15, 0.2) is 0 Å². The van der Waals surface area contributed by atoms with Gasteiger partial charge >= 0.3 is 0 Å². The number of fused-ring (bicyclic) bond motifs is 1. The van der Waals surface area contributed by atoms with Crippen molar-refractivity contribution in [2.24, 2.45) is 11.5 Å². The first-order valence-electron chi connectivity index (χ1n) is 9.93. The van der Waals surface area contributed by atoms with Crippen molar-refractivity contribution in [2.45, 2.75) is 24.7 Å². The van der Waals surface area contributed by atoms with Crippen molar-refractivity contribution in [2.75, 3.05) is 0 Å². The third-order valence-corrected chi connectivity index (χ3v) is 5.79. The second-order valence-electron chi connectivity index (χ2n) is 7.77. The Morgan fingerprint density at radius 1 is 0.700 bits per heavy atom. The number of benzene rings is 3. The molecule has 5 nitrogen and oxygen atoms in total. The minimum absolute atomic E-state index is 0.0261. The lowest BCUT2D eigenvalue weighted by Gasteiger charge is -2.13. The molecule has 0 saturated carbocycles. The van der Waals surface area contributed by atoms with Crippen molar-refractivity contribution in [3.63, 3.8) is 0 Å². The van der Waals surface area contributed by atoms with E-state index in [1.807, 2.05) is 60.7 Å². The number of hydrogen-bond donors (Lipinski definition) is 4. The number of Topliss-reactive ketones (excluding diaryl/α,β-unsaturated/α-hetero) is 1. The Morgan fingerprint density at radius 3 is 1.53 bits per heavy atom. The summed E-state index contributed by atoms with van der Waals surface area (Å²) in [6.45, 7) is 0. The molecule has 0 spiro atoms. The van der Waals surface area contributed by atoms with Crippen LogP contribution in [0, 0.1) is 10.8 Å². The molecule has 0 aliphatic heterocycles. The summed E-state index contributed by atoms with van der Waals surface area (Å²) in [4.78, 5) is 13.5. The molecule has 5 heteroatoms. The molecule has 1 aliphatic rings. The number of rotatable bonds is 6. The standard InChI is InChI=1S/C25H24N4O/c26-24(27)17-7-3-5-15(11-17)13-21-19-9-1-2-10-20(19)22(23(21)30)14-16-6-4-8-18(12-16)25(28)29/h1-12,21-22H,13-14H2,(H3,26,27)(H3,28,29). The maximum absolute atomic E-state index is 13.5. The number of nitrogens with one attached hydrogen (secondary N) is 2. The molecule has 0 radical (unpaired) electrons. The third kappa shape index (κ3) is 3.74. The zero-order valence-electron chi connectivity index (χ0n) is 16.6. The molecule has 30 heavy (non-hydrogen) atoms. The first kappa shape index (κ1) is 19.6. The largest absolute Gasteiger partial charge is 0.384 e. The highest BCUT2D eigenvalue weighted by Gasteiger charge is 2.38. The molecule has 3 aromatic rings. The molecule has 4 rings (SSSR count). The predicted molar refractivity (Wildman–Crippen MR) is 119 cm³/mol. The molecule has 0 heterocycles. The minimum atomic E-state index is -0.218. The summed E-state index contributed by atoms with van der Waals surface area (Å²) in [5.74, 6) is -0.178. The van der Waals surface area contributed by atoms with Crippen molar-refractivity contribution in [3.8, 4) is 0 Å². The van der Waals surface area contributed by atoms with Crippen LogP contribution >= 0.6 is 0 Å². The molecule has 0 bridgehead atoms. The first-order valence-corrected chi connectivity index (χ1v) is 9.93. The second kappa shape index (κ2) is 7.95. The van der Waals surface area contributed by atoms with E-state index in [4.69, 9.17) is 22.3 Å². The topological polar surface area (TPSA) is 117 Å². The maximum Gasteiger partial charge on any atom is 0.148 e. The van der Waals surface area contributed by atoms with Crippen molar-refractivity contribution >= 4 is 17.5 Å². The third-order valence-electron chi connectivity index (χ3n) is 5.79. The van der Waals surface area contributed by atoms with Gasteiger partial charge in [-0.25, -0.2) is 0 Å². The molecule has 3 aromatic carbocycles. The lowest BCUT2D eigenvalue weighted by molar-refractivity contribution is -0.120. The van der Waals surface area contributed by atoms with Gasteiger partial charge in [-0.2, -0.15) is 0 Å². The SMILES string of the molecule is N=C(N)c1cccc(CC2C(=O)C(Cc3cccc(C(=N)N)c3)c3ccccc32)c1. The Kier molecular flexibility index (Phi) is 5.19. The summed E-state index contributed by atoms with van der Waals surface area (Å²) in [5, 5.41) is 15.3. The number of carbonyl (C=O) groups excluding carboxylic acids is 1. The van der Waals surface area contributed by atoms with Crippen molar-refractivity contribution < 1.29 is 4.79 Å². The van der Waals surface area contributed by atoms with Gasteiger partial charge in [0.2, 0.25) is 0 Å². The number of hydrogen-bond acceptors (Lipinski definition) is 3. The summed E-state index contributed by atoms with van der Waals surface area (Å²) in [5.41, 5.74) is 16.7. The van der Waals surface area contributed by atoms with E-state index in [0.717, 1.165) is 22.3 Å². The predicted octanol–water partition coefficient (Wildman–Crippen LogP) is 3.49. The fourth-order valence-electron chi connectivity index (χ4n) is 4.32.